The van der Waals surface area contributed by atoms with Crippen molar-refractivity contribution in [3.63, 3.8) is 0 Å². The van der Waals surface area contributed by atoms with Crippen LogP contribution in [0.15, 0.2) is 57.5 Å². The Kier molecular flexibility index (Phi) is 4.72. The molecular weight excluding hydrogens is 320 g/mol. The van der Waals surface area contributed by atoms with Crippen molar-refractivity contribution < 1.29 is 18.8 Å². The molecule has 2 heterocycles. The fourth-order valence-electron chi connectivity index (χ4n) is 2.44. The van der Waals surface area contributed by atoms with E-state index >= 15 is 0 Å². The van der Waals surface area contributed by atoms with Crippen molar-refractivity contribution in [3.05, 3.63) is 65.7 Å². The summed E-state index contributed by atoms with van der Waals surface area (Å²) in [5.41, 5.74) is 0.158. The first-order chi connectivity index (χ1) is 11.9. The zero-order valence-corrected chi connectivity index (χ0v) is 14.2. The summed E-state index contributed by atoms with van der Waals surface area (Å²) in [6, 6.07) is 14.8. The second-order valence-electron chi connectivity index (χ2n) is 6.19. The van der Waals surface area contributed by atoms with Crippen LogP contribution in [0.3, 0.4) is 0 Å². The van der Waals surface area contributed by atoms with Gasteiger partial charge in [-0.15, -0.1) is 0 Å². The maximum atomic E-state index is 12.1. The van der Waals surface area contributed by atoms with Gasteiger partial charge in [0.15, 0.2) is 5.76 Å². The van der Waals surface area contributed by atoms with Crippen LogP contribution in [0.4, 0.5) is 0 Å². The van der Waals surface area contributed by atoms with Crippen LogP contribution in [0.25, 0.3) is 11.3 Å². The lowest BCUT2D eigenvalue weighted by Gasteiger charge is -2.21. The summed E-state index contributed by atoms with van der Waals surface area (Å²) in [4.78, 5) is 12.1. The third-order valence-electron chi connectivity index (χ3n) is 3.86. The van der Waals surface area contributed by atoms with Crippen molar-refractivity contribution in [1.29, 1.82) is 0 Å². The maximum Gasteiger partial charge on any atom is 0.226 e. The maximum absolute atomic E-state index is 12.1. The van der Waals surface area contributed by atoms with Gasteiger partial charge in [-0.1, -0.05) is 35.5 Å². The molecule has 0 aliphatic rings. The molecular formula is C19H20N2O4. The molecule has 1 aromatic carbocycles. The van der Waals surface area contributed by atoms with E-state index in [1.165, 1.54) is 0 Å². The lowest BCUT2D eigenvalue weighted by Crippen LogP contribution is -2.39. The van der Waals surface area contributed by atoms with Crippen LogP contribution in [0.1, 0.15) is 24.1 Å². The fraction of sp³-hybridized carbons (Fsp3) is 0.263. The predicted octanol–water partition coefficient (Wildman–Crippen LogP) is 2.81. The van der Waals surface area contributed by atoms with E-state index in [1.54, 1.807) is 32.0 Å². The second-order valence-corrected chi connectivity index (χ2v) is 6.19. The van der Waals surface area contributed by atoms with Gasteiger partial charge < -0.3 is 19.4 Å². The van der Waals surface area contributed by atoms with E-state index in [-0.39, 0.29) is 18.9 Å². The van der Waals surface area contributed by atoms with Crippen molar-refractivity contribution in [1.82, 2.24) is 10.5 Å². The molecule has 0 saturated heterocycles. The Bertz CT molecular complexity index is 849. The highest BCUT2D eigenvalue weighted by atomic mass is 16.5. The van der Waals surface area contributed by atoms with Gasteiger partial charge in [-0.25, -0.2) is 0 Å². The van der Waals surface area contributed by atoms with Gasteiger partial charge in [0.25, 0.3) is 0 Å². The SMILES string of the molecule is Cc1ccc([C@](C)(O)CNC(=O)Cc2cc(-c3ccccc3)on2)o1. The molecule has 6 heteroatoms. The predicted molar refractivity (Wildman–Crippen MR) is 91.7 cm³/mol. The van der Waals surface area contributed by atoms with E-state index in [0.717, 1.165) is 5.56 Å². The van der Waals surface area contributed by atoms with Gasteiger partial charge in [-0.3, -0.25) is 4.79 Å². The third-order valence-corrected chi connectivity index (χ3v) is 3.86. The standard InChI is InChI=1S/C19H20N2O4/c1-13-8-9-17(24-13)19(2,23)12-20-18(22)11-15-10-16(25-21-15)14-6-4-3-5-7-14/h3-10,23H,11-12H2,1-2H3,(H,20,22)/t19-/m1/s1. The van der Waals surface area contributed by atoms with E-state index in [0.29, 0.717) is 23.0 Å². The van der Waals surface area contributed by atoms with Crippen LogP contribution in [-0.4, -0.2) is 22.7 Å². The minimum atomic E-state index is -1.27. The van der Waals surface area contributed by atoms with Gasteiger partial charge in [-0.05, 0) is 26.0 Å². The molecule has 0 aliphatic heterocycles. The van der Waals surface area contributed by atoms with Crippen molar-refractivity contribution >= 4 is 5.91 Å². The van der Waals surface area contributed by atoms with Gasteiger partial charge in [0.2, 0.25) is 5.91 Å². The summed E-state index contributed by atoms with van der Waals surface area (Å²) in [6.45, 7) is 3.43. The van der Waals surface area contributed by atoms with Crippen molar-refractivity contribution in [2.45, 2.75) is 25.9 Å². The van der Waals surface area contributed by atoms with Crippen molar-refractivity contribution in [2.75, 3.05) is 6.54 Å². The zero-order chi connectivity index (χ0) is 17.9. The normalized spacial score (nSPS) is 13.4. The molecule has 0 radical (unpaired) electrons. The summed E-state index contributed by atoms with van der Waals surface area (Å²) in [5, 5.41) is 17.0. The van der Waals surface area contributed by atoms with Gasteiger partial charge in [-0.2, -0.15) is 0 Å². The first-order valence-corrected chi connectivity index (χ1v) is 8.01. The number of furan rings is 1. The number of hydrogen-bond acceptors (Lipinski definition) is 5. The Morgan fingerprint density at radius 1 is 1.24 bits per heavy atom. The van der Waals surface area contributed by atoms with Crippen molar-refractivity contribution in [2.24, 2.45) is 0 Å². The van der Waals surface area contributed by atoms with E-state index in [9.17, 15) is 9.90 Å². The number of nitrogens with one attached hydrogen (secondary N) is 1. The van der Waals surface area contributed by atoms with Crippen LogP contribution >= 0.6 is 0 Å². The number of hydrogen-bond donors (Lipinski definition) is 2. The number of rotatable bonds is 6. The molecule has 0 spiro atoms. The first-order valence-electron chi connectivity index (χ1n) is 8.01. The zero-order valence-electron chi connectivity index (χ0n) is 14.2. The molecule has 0 saturated carbocycles. The molecule has 2 aromatic heterocycles. The molecule has 1 atom stereocenters. The number of carbonyl (C=O) groups is 1. The van der Waals surface area contributed by atoms with E-state index in [4.69, 9.17) is 8.94 Å². The van der Waals surface area contributed by atoms with Crippen LogP contribution < -0.4 is 5.32 Å². The highest BCUT2D eigenvalue weighted by Crippen LogP contribution is 2.22. The molecule has 0 aliphatic carbocycles. The highest BCUT2D eigenvalue weighted by molar-refractivity contribution is 5.78. The van der Waals surface area contributed by atoms with E-state index < -0.39 is 5.60 Å². The summed E-state index contributed by atoms with van der Waals surface area (Å²) in [6.07, 6.45) is 0.0730. The van der Waals surface area contributed by atoms with Gasteiger partial charge >= 0.3 is 0 Å². The smallest absolute Gasteiger partial charge is 0.226 e. The number of amides is 1. The molecule has 6 nitrogen and oxygen atoms in total. The van der Waals surface area contributed by atoms with Gasteiger partial charge in [0.05, 0.1) is 18.7 Å². The van der Waals surface area contributed by atoms with Crippen LogP contribution in [0.2, 0.25) is 0 Å². The Labute approximate surface area is 145 Å². The fourth-order valence-corrected chi connectivity index (χ4v) is 2.44. The quantitative estimate of drug-likeness (QED) is 0.720. The van der Waals surface area contributed by atoms with Crippen LogP contribution in [0, 0.1) is 6.92 Å². The number of carbonyl (C=O) groups excluding carboxylic acids is 1. The molecule has 25 heavy (non-hydrogen) atoms. The molecule has 3 aromatic rings. The average Bonchev–Trinajstić information content (AvgIpc) is 3.23. The molecule has 3 rings (SSSR count). The lowest BCUT2D eigenvalue weighted by molar-refractivity contribution is -0.121. The number of aliphatic hydroxyl groups is 1. The number of aryl methyl sites for hydroxylation is 1. The topological polar surface area (TPSA) is 88.5 Å². The molecule has 2 N–H and O–H groups in total. The minimum absolute atomic E-state index is 0.0438. The van der Waals surface area contributed by atoms with Crippen LogP contribution in [0.5, 0.6) is 0 Å². The Morgan fingerprint density at radius 3 is 2.68 bits per heavy atom. The first kappa shape index (κ1) is 17.0. The highest BCUT2D eigenvalue weighted by Gasteiger charge is 2.27. The third kappa shape index (κ3) is 4.16. The summed E-state index contributed by atoms with van der Waals surface area (Å²) < 4.78 is 10.7. The summed E-state index contributed by atoms with van der Waals surface area (Å²) in [7, 11) is 0. The summed E-state index contributed by atoms with van der Waals surface area (Å²) in [5.74, 6) is 1.48. The van der Waals surface area contributed by atoms with Gasteiger partial charge in [0.1, 0.15) is 17.1 Å². The number of nitrogens with zero attached hydrogens (tertiary/aromatic N) is 1. The molecule has 0 bridgehead atoms. The number of aromatic nitrogens is 1. The molecule has 130 valence electrons. The minimum Gasteiger partial charge on any atom is -0.463 e. The molecule has 0 unspecified atom stereocenters. The van der Waals surface area contributed by atoms with E-state index in [1.807, 2.05) is 30.3 Å². The molecule has 0 fully saturated rings. The Hall–Kier alpha value is -2.86. The molecule has 1 amide bonds. The average molecular weight is 340 g/mol. The monoisotopic (exact) mass is 340 g/mol. The Morgan fingerprint density at radius 2 is 2.00 bits per heavy atom. The van der Waals surface area contributed by atoms with Crippen LogP contribution in [-0.2, 0) is 16.8 Å². The second kappa shape index (κ2) is 6.94. The van der Waals surface area contributed by atoms with E-state index in [2.05, 4.69) is 10.5 Å². The van der Waals surface area contributed by atoms with Crippen molar-refractivity contribution in [3.8, 4) is 11.3 Å². The largest absolute Gasteiger partial charge is 0.463 e. The Balaban J connectivity index is 1.57. The lowest BCUT2D eigenvalue weighted by atomic mass is 10.0. The summed E-state index contributed by atoms with van der Waals surface area (Å²) >= 11 is 0. The number of benzene rings is 1. The van der Waals surface area contributed by atoms with Gasteiger partial charge in [0, 0.05) is 11.6 Å².